The number of rotatable bonds is 15. The molecule has 6 aromatic heterocycles. The third kappa shape index (κ3) is 16.2. The number of fused-ring (bicyclic) bond motifs is 16. The average Bonchev–Trinajstić information content (AvgIpc) is 1.57. The zero-order valence-corrected chi connectivity index (χ0v) is 78.5. The van der Waals surface area contributed by atoms with Crippen LogP contribution in [0.4, 0.5) is 0 Å². The van der Waals surface area contributed by atoms with Gasteiger partial charge in [-0.1, -0.05) is 467 Å². The molecule has 0 radical (unpaired) electrons. The smallest absolute Gasteiger partial charge is 0.164 e. The number of benzene rings is 22. The predicted molar refractivity (Wildman–Crippen MR) is 598 cm³/mol. The SMILES string of the molecule is c1ccc(-c2ccc(-c3nc(-c4ccc(-c5ccccc5)cc4)nc(-c4cccc5c(-n6c7ccccc7c7ccc8ccccc8c76)cccc45)n3)cc2)cc1.c1ccc(-c2ccc3c4ccc5ccccc5c4n(-c4cccc(-c5nc(-c6ccccc6)nc(-c6ccccc6)n5)c4)c3c2)cc1.c1ccc(-c2nc(-c3ccccc3)nc(-c3cccc(-n4c5ccccc5c5c6ccccc6ccc54)c3)n2)cc1. The Morgan fingerprint density at radius 2 is 0.421 bits per heavy atom. The number of hydrogen-bond acceptors (Lipinski definition) is 9. The van der Waals surface area contributed by atoms with Gasteiger partial charge in [-0.25, -0.2) is 44.9 Å². The summed E-state index contributed by atoms with van der Waals surface area (Å²) < 4.78 is 7.18. The molecule has 12 nitrogen and oxygen atoms in total. The van der Waals surface area contributed by atoms with Gasteiger partial charge in [0, 0.05) is 110 Å². The molecule has 0 aliphatic rings. The fraction of sp³-hybridized carbons (Fsp3) is 0. The molecule has 12 heteroatoms. The highest BCUT2D eigenvalue weighted by molar-refractivity contribution is 6.23. The van der Waals surface area contributed by atoms with E-state index in [1.165, 1.54) is 114 Å². The molecule has 28 aromatic rings. The van der Waals surface area contributed by atoms with E-state index in [2.05, 4.69) is 402 Å². The lowest BCUT2D eigenvalue weighted by atomic mass is 10.0. The first-order chi connectivity index (χ1) is 71.9. The molecular formula is C133H86N12. The van der Waals surface area contributed by atoms with Crippen molar-refractivity contribution < 1.29 is 0 Å². The maximum atomic E-state index is 5.22. The minimum atomic E-state index is 0.628. The van der Waals surface area contributed by atoms with Gasteiger partial charge in [-0.05, 0) is 115 Å². The van der Waals surface area contributed by atoms with Gasteiger partial charge in [-0.15, -0.1) is 0 Å². The van der Waals surface area contributed by atoms with Crippen LogP contribution in [-0.4, -0.2) is 58.6 Å². The normalized spacial score (nSPS) is 11.4. The Kier molecular flexibility index (Phi) is 22.0. The Balaban J connectivity index is 0.000000112. The van der Waals surface area contributed by atoms with Crippen molar-refractivity contribution in [3.63, 3.8) is 0 Å². The van der Waals surface area contributed by atoms with Crippen LogP contribution in [0.2, 0.25) is 0 Å². The van der Waals surface area contributed by atoms with E-state index < -0.39 is 0 Å². The van der Waals surface area contributed by atoms with Crippen LogP contribution in [0, 0.1) is 0 Å². The zero-order valence-electron chi connectivity index (χ0n) is 78.5. The molecule has 0 saturated carbocycles. The fourth-order valence-corrected chi connectivity index (χ4v) is 20.6. The van der Waals surface area contributed by atoms with Gasteiger partial charge in [0.25, 0.3) is 0 Å². The van der Waals surface area contributed by atoms with Crippen LogP contribution in [0.15, 0.2) is 522 Å². The maximum Gasteiger partial charge on any atom is 0.164 e. The molecule has 0 amide bonds. The quantitative estimate of drug-likeness (QED) is 0.0984. The summed E-state index contributed by atoms with van der Waals surface area (Å²) in [5, 5.41) is 17.0. The van der Waals surface area contributed by atoms with Crippen LogP contribution >= 0.6 is 0 Å². The van der Waals surface area contributed by atoms with Crippen molar-refractivity contribution in [2.45, 2.75) is 0 Å². The largest absolute Gasteiger partial charge is 0.309 e. The molecule has 678 valence electrons. The van der Waals surface area contributed by atoms with Gasteiger partial charge in [0.15, 0.2) is 52.4 Å². The van der Waals surface area contributed by atoms with Crippen molar-refractivity contribution in [1.82, 2.24) is 58.6 Å². The van der Waals surface area contributed by atoms with Gasteiger partial charge in [0.1, 0.15) is 0 Å². The van der Waals surface area contributed by atoms with Crippen LogP contribution in [-0.2, 0) is 0 Å². The number of aromatic nitrogens is 12. The number of para-hydroxylation sites is 2. The van der Waals surface area contributed by atoms with E-state index >= 15 is 0 Å². The van der Waals surface area contributed by atoms with E-state index in [0.29, 0.717) is 52.4 Å². The first kappa shape index (κ1) is 85.7. The zero-order chi connectivity index (χ0) is 96.0. The molecule has 22 aromatic carbocycles. The summed E-state index contributed by atoms with van der Waals surface area (Å²) in [5.41, 5.74) is 25.8. The Bertz CT molecular complexity index is 9570. The summed E-state index contributed by atoms with van der Waals surface area (Å²) in [5.74, 6) is 5.77. The van der Waals surface area contributed by atoms with E-state index in [4.69, 9.17) is 44.9 Å². The third-order valence-corrected chi connectivity index (χ3v) is 27.5. The van der Waals surface area contributed by atoms with Crippen molar-refractivity contribution in [2.75, 3.05) is 0 Å². The van der Waals surface area contributed by atoms with Crippen molar-refractivity contribution >= 4 is 109 Å². The first-order valence-corrected chi connectivity index (χ1v) is 48.8. The van der Waals surface area contributed by atoms with Gasteiger partial charge < -0.3 is 13.7 Å². The maximum absolute atomic E-state index is 5.22. The van der Waals surface area contributed by atoms with Crippen LogP contribution in [0.1, 0.15) is 0 Å². The highest BCUT2D eigenvalue weighted by Gasteiger charge is 2.25. The second-order valence-electron chi connectivity index (χ2n) is 36.2. The molecule has 28 rings (SSSR count). The molecule has 0 saturated heterocycles. The minimum Gasteiger partial charge on any atom is -0.309 e. The van der Waals surface area contributed by atoms with E-state index in [1.807, 2.05) is 133 Å². The molecule has 0 bridgehead atoms. The lowest BCUT2D eigenvalue weighted by molar-refractivity contribution is 1.07. The molecule has 0 aliphatic heterocycles. The van der Waals surface area contributed by atoms with Crippen LogP contribution in [0.5, 0.6) is 0 Å². The monoisotopic (exact) mass is 1850 g/mol. The first-order valence-electron chi connectivity index (χ1n) is 48.8. The van der Waals surface area contributed by atoms with Crippen molar-refractivity contribution in [3.05, 3.63) is 522 Å². The Hall–Kier alpha value is -19.7. The van der Waals surface area contributed by atoms with Gasteiger partial charge in [-0.3, -0.25) is 0 Å². The van der Waals surface area contributed by atoms with Gasteiger partial charge in [0.2, 0.25) is 0 Å². The summed E-state index contributed by atoms with van der Waals surface area (Å²) in [6, 6.07) is 182. The predicted octanol–water partition coefficient (Wildman–Crippen LogP) is 33.5. The molecule has 0 unspecified atom stereocenters. The molecule has 0 atom stereocenters. The van der Waals surface area contributed by atoms with Crippen molar-refractivity contribution in [2.24, 2.45) is 0 Å². The highest BCUT2D eigenvalue weighted by Crippen LogP contribution is 2.45. The second kappa shape index (κ2) is 37.2. The number of nitrogens with zero attached hydrogens (tertiary/aromatic N) is 12. The van der Waals surface area contributed by atoms with Gasteiger partial charge >= 0.3 is 0 Å². The van der Waals surface area contributed by atoms with Crippen LogP contribution in [0.3, 0.4) is 0 Å². The molecular weight excluding hydrogens is 1770 g/mol. The minimum absolute atomic E-state index is 0.628. The van der Waals surface area contributed by atoms with E-state index in [1.54, 1.807) is 0 Å². The van der Waals surface area contributed by atoms with E-state index in [9.17, 15) is 0 Å². The average molecular weight is 1850 g/mol. The lowest BCUT2D eigenvalue weighted by Gasteiger charge is -2.15. The van der Waals surface area contributed by atoms with Gasteiger partial charge in [-0.2, -0.15) is 0 Å². The van der Waals surface area contributed by atoms with Crippen molar-refractivity contribution in [1.29, 1.82) is 0 Å². The van der Waals surface area contributed by atoms with E-state index in [-0.39, 0.29) is 0 Å². The Labute approximate surface area is 835 Å². The highest BCUT2D eigenvalue weighted by atomic mass is 15.1. The molecule has 145 heavy (non-hydrogen) atoms. The Morgan fingerprint density at radius 1 is 0.131 bits per heavy atom. The summed E-state index contributed by atoms with van der Waals surface area (Å²) in [6.07, 6.45) is 0. The summed E-state index contributed by atoms with van der Waals surface area (Å²) in [7, 11) is 0. The van der Waals surface area contributed by atoms with Crippen LogP contribution in [0.25, 0.3) is 261 Å². The Morgan fingerprint density at radius 3 is 0.890 bits per heavy atom. The number of hydrogen-bond donors (Lipinski definition) is 0. The molecule has 0 N–H and O–H groups in total. The summed E-state index contributed by atoms with van der Waals surface area (Å²) in [6.45, 7) is 0. The molecule has 0 fully saturated rings. The van der Waals surface area contributed by atoms with Crippen molar-refractivity contribution in [3.8, 4) is 153 Å². The fourth-order valence-electron chi connectivity index (χ4n) is 20.6. The molecule has 0 spiro atoms. The third-order valence-electron chi connectivity index (χ3n) is 27.5. The lowest BCUT2D eigenvalue weighted by Crippen LogP contribution is -2.01. The standard InChI is InChI=1S/C53H34N4.C43H28N4.C37H24N4/c1-3-13-35(14-4-1)37-25-29-40(30-26-37)51-54-52(41-31-27-38(28-32-41)36-15-5-2-6-16-36)56-53(55-51)47-22-11-21-44-43(47)20-12-24-49(44)57-48-23-10-9-19-45(48)46-34-33-39-17-7-8-18-42(39)50(46)57;1-4-13-29(14-5-1)33-24-25-37-38-26-23-30-15-10-11-22-36(30)40(38)47(39(37)28-33)35-21-12-20-34(27-35)43-45-41(31-16-6-2-7-17-31)44-42(46-43)32-18-8-3-9-19-32;1-3-13-26(14-4-1)35-38-36(27-15-5-2-6-16-27)40-37(39-35)28-17-11-18-29(24-28)41-32-21-10-9-20-31(32)34-30-19-8-7-12-25(30)22-23-33(34)41/h1-34H;1-28H;1-24H. The van der Waals surface area contributed by atoms with Gasteiger partial charge in [0.05, 0.1) is 38.8 Å². The molecule has 6 heterocycles. The topological polar surface area (TPSA) is 131 Å². The summed E-state index contributed by atoms with van der Waals surface area (Å²) in [4.78, 5) is 45.3. The molecule has 0 aliphatic carbocycles. The van der Waals surface area contributed by atoms with E-state index in [0.717, 1.165) is 94.5 Å². The summed E-state index contributed by atoms with van der Waals surface area (Å²) >= 11 is 0. The van der Waals surface area contributed by atoms with Crippen LogP contribution < -0.4 is 0 Å². The second-order valence-corrected chi connectivity index (χ2v) is 36.2.